The minimum absolute atomic E-state index is 0.542. The molecule has 1 aromatic heterocycles. The number of nitrogens with two attached hydrogens (primary N) is 1. The third kappa shape index (κ3) is 0.978. The van der Waals surface area contributed by atoms with E-state index >= 15 is 0 Å². The molecule has 0 aromatic carbocycles. The Labute approximate surface area is 59.4 Å². The first-order valence-electron chi connectivity index (χ1n) is 2.97. The predicted octanol–water partition coefficient (Wildman–Crippen LogP) is 0.970. The van der Waals surface area contributed by atoms with Gasteiger partial charge in [0, 0.05) is 12.4 Å². The van der Waals surface area contributed by atoms with Crippen LogP contribution in [0.3, 0.4) is 0 Å². The molecule has 0 radical (unpaired) electrons. The molecule has 10 heavy (non-hydrogen) atoms. The standard InChI is InChI=1S/C7H9N3/c1-5-2-3-10-6(4-8)7(5)9/h2-4,8H,9H2,1H3. The number of hydrogen-bond acceptors (Lipinski definition) is 3. The van der Waals surface area contributed by atoms with Crippen LogP contribution in [0.5, 0.6) is 0 Å². The number of rotatable bonds is 1. The van der Waals surface area contributed by atoms with E-state index in [9.17, 15) is 0 Å². The van der Waals surface area contributed by atoms with Crippen LogP contribution in [0, 0.1) is 12.3 Å². The number of nitrogens with one attached hydrogen (secondary N) is 1. The topological polar surface area (TPSA) is 62.8 Å². The van der Waals surface area contributed by atoms with Crippen LogP contribution in [-0.4, -0.2) is 11.2 Å². The van der Waals surface area contributed by atoms with Gasteiger partial charge in [-0.2, -0.15) is 0 Å². The molecule has 3 nitrogen and oxygen atoms in total. The number of nitrogens with zero attached hydrogens (tertiary/aromatic N) is 1. The summed E-state index contributed by atoms with van der Waals surface area (Å²) in [5, 5.41) is 6.91. The van der Waals surface area contributed by atoms with E-state index < -0.39 is 0 Å². The van der Waals surface area contributed by atoms with Crippen molar-refractivity contribution in [2.45, 2.75) is 6.92 Å². The molecule has 3 heteroatoms. The van der Waals surface area contributed by atoms with E-state index in [-0.39, 0.29) is 0 Å². The summed E-state index contributed by atoms with van der Waals surface area (Å²) in [6, 6.07) is 1.82. The fourth-order valence-corrected chi connectivity index (χ4v) is 0.706. The largest absolute Gasteiger partial charge is 0.397 e. The second-order valence-electron chi connectivity index (χ2n) is 2.07. The highest BCUT2D eigenvalue weighted by Gasteiger charge is 1.97. The first-order valence-corrected chi connectivity index (χ1v) is 2.97. The molecule has 0 aliphatic rings. The second kappa shape index (κ2) is 2.47. The summed E-state index contributed by atoms with van der Waals surface area (Å²) in [6.45, 7) is 1.89. The van der Waals surface area contributed by atoms with Gasteiger partial charge in [0.2, 0.25) is 0 Å². The van der Waals surface area contributed by atoms with Gasteiger partial charge in [0.05, 0.1) is 5.69 Å². The number of anilines is 1. The number of hydrogen-bond donors (Lipinski definition) is 2. The molecule has 0 aliphatic heterocycles. The molecule has 0 spiro atoms. The lowest BCUT2D eigenvalue weighted by molar-refractivity contribution is 1.26. The highest BCUT2D eigenvalue weighted by atomic mass is 14.7. The van der Waals surface area contributed by atoms with Crippen LogP contribution >= 0.6 is 0 Å². The number of pyridine rings is 1. The zero-order valence-corrected chi connectivity index (χ0v) is 5.76. The van der Waals surface area contributed by atoms with E-state index in [1.165, 1.54) is 0 Å². The average Bonchev–Trinajstić information content (AvgIpc) is 1.95. The van der Waals surface area contributed by atoms with Crippen molar-refractivity contribution in [1.29, 1.82) is 5.41 Å². The summed E-state index contributed by atoms with van der Waals surface area (Å²) >= 11 is 0. The summed E-state index contributed by atoms with van der Waals surface area (Å²) in [7, 11) is 0. The van der Waals surface area contributed by atoms with Crippen LogP contribution in [0.1, 0.15) is 11.3 Å². The Kier molecular flexibility index (Phi) is 1.67. The smallest absolute Gasteiger partial charge is 0.104 e. The Morgan fingerprint density at radius 1 is 1.70 bits per heavy atom. The lowest BCUT2D eigenvalue weighted by Gasteiger charge is -1.99. The van der Waals surface area contributed by atoms with E-state index in [0.717, 1.165) is 11.8 Å². The van der Waals surface area contributed by atoms with E-state index in [2.05, 4.69) is 4.98 Å². The molecule has 0 fully saturated rings. The van der Waals surface area contributed by atoms with Gasteiger partial charge < -0.3 is 11.1 Å². The molecule has 0 bridgehead atoms. The molecule has 52 valence electrons. The molecule has 0 aliphatic carbocycles. The Bertz CT molecular complexity index is 255. The van der Waals surface area contributed by atoms with Crippen LogP contribution in [-0.2, 0) is 0 Å². The van der Waals surface area contributed by atoms with Crippen LogP contribution in [0.25, 0.3) is 0 Å². The first kappa shape index (κ1) is 6.74. The Morgan fingerprint density at radius 2 is 2.40 bits per heavy atom. The van der Waals surface area contributed by atoms with Crippen molar-refractivity contribution >= 4 is 11.9 Å². The summed E-state index contributed by atoms with van der Waals surface area (Å²) in [4.78, 5) is 3.89. The maximum Gasteiger partial charge on any atom is 0.104 e. The SMILES string of the molecule is Cc1ccnc(C=N)c1N. The van der Waals surface area contributed by atoms with E-state index in [1.54, 1.807) is 6.20 Å². The van der Waals surface area contributed by atoms with Gasteiger partial charge in [-0.05, 0) is 18.6 Å². The lowest BCUT2D eigenvalue weighted by Crippen LogP contribution is -1.98. The summed E-state index contributed by atoms with van der Waals surface area (Å²) in [5.41, 5.74) is 7.68. The average molecular weight is 135 g/mol. The zero-order chi connectivity index (χ0) is 7.56. The summed E-state index contributed by atoms with van der Waals surface area (Å²) < 4.78 is 0. The molecule has 0 atom stereocenters. The summed E-state index contributed by atoms with van der Waals surface area (Å²) in [5.74, 6) is 0. The van der Waals surface area contributed by atoms with Crippen molar-refractivity contribution in [1.82, 2.24) is 4.98 Å². The molecule has 1 aromatic rings. The lowest BCUT2D eigenvalue weighted by atomic mass is 10.2. The van der Waals surface area contributed by atoms with E-state index in [4.69, 9.17) is 11.1 Å². The Hall–Kier alpha value is -1.38. The minimum atomic E-state index is 0.542. The van der Waals surface area contributed by atoms with Crippen molar-refractivity contribution in [3.8, 4) is 0 Å². The van der Waals surface area contributed by atoms with Gasteiger partial charge in [-0.25, -0.2) is 0 Å². The third-order valence-corrected chi connectivity index (χ3v) is 1.38. The van der Waals surface area contributed by atoms with Gasteiger partial charge in [-0.3, -0.25) is 4.98 Å². The zero-order valence-electron chi connectivity index (χ0n) is 5.76. The van der Waals surface area contributed by atoms with E-state index in [1.807, 2.05) is 13.0 Å². The summed E-state index contributed by atoms with van der Waals surface area (Å²) in [6.07, 6.45) is 2.80. The molecule has 0 amide bonds. The van der Waals surface area contributed by atoms with Crippen molar-refractivity contribution in [2.75, 3.05) is 5.73 Å². The molecule has 1 heterocycles. The maximum atomic E-state index is 6.91. The second-order valence-corrected chi connectivity index (χ2v) is 2.07. The quantitative estimate of drug-likeness (QED) is 0.563. The van der Waals surface area contributed by atoms with E-state index in [0.29, 0.717) is 11.4 Å². The van der Waals surface area contributed by atoms with Gasteiger partial charge in [0.15, 0.2) is 0 Å². The van der Waals surface area contributed by atoms with Gasteiger partial charge in [-0.1, -0.05) is 0 Å². The van der Waals surface area contributed by atoms with Gasteiger partial charge in [0.1, 0.15) is 5.69 Å². The third-order valence-electron chi connectivity index (χ3n) is 1.38. The van der Waals surface area contributed by atoms with Crippen LogP contribution in [0.2, 0.25) is 0 Å². The molecular weight excluding hydrogens is 126 g/mol. The monoisotopic (exact) mass is 135 g/mol. The molecule has 0 unspecified atom stereocenters. The number of aryl methyl sites for hydroxylation is 1. The van der Waals surface area contributed by atoms with Gasteiger partial charge in [0.25, 0.3) is 0 Å². The fraction of sp³-hybridized carbons (Fsp3) is 0.143. The highest BCUT2D eigenvalue weighted by Crippen LogP contribution is 2.10. The van der Waals surface area contributed by atoms with Crippen molar-refractivity contribution < 1.29 is 0 Å². The fourth-order valence-electron chi connectivity index (χ4n) is 0.706. The first-order chi connectivity index (χ1) is 4.75. The normalized spacial score (nSPS) is 9.30. The van der Waals surface area contributed by atoms with Crippen molar-refractivity contribution in [2.24, 2.45) is 0 Å². The molecule has 0 saturated heterocycles. The van der Waals surface area contributed by atoms with Crippen molar-refractivity contribution in [3.05, 3.63) is 23.5 Å². The van der Waals surface area contributed by atoms with Crippen LogP contribution in [0.4, 0.5) is 5.69 Å². The van der Waals surface area contributed by atoms with Gasteiger partial charge in [-0.15, -0.1) is 0 Å². The van der Waals surface area contributed by atoms with Crippen LogP contribution < -0.4 is 5.73 Å². The molecule has 3 N–H and O–H groups in total. The minimum Gasteiger partial charge on any atom is -0.397 e. The predicted molar refractivity (Wildman–Crippen MR) is 41.3 cm³/mol. The number of aromatic nitrogens is 1. The van der Waals surface area contributed by atoms with Gasteiger partial charge >= 0.3 is 0 Å². The van der Waals surface area contributed by atoms with Crippen molar-refractivity contribution in [3.63, 3.8) is 0 Å². The maximum absolute atomic E-state index is 6.91. The highest BCUT2D eigenvalue weighted by molar-refractivity contribution is 5.82. The Morgan fingerprint density at radius 3 is 2.90 bits per heavy atom. The molecule has 1 rings (SSSR count). The molecular formula is C7H9N3. The van der Waals surface area contributed by atoms with Crippen LogP contribution in [0.15, 0.2) is 12.3 Å². The number of nitrogen functional groups attached to an aromatic ring is 1. The molecule has 0 saturated carbocycles. The Balaban J connectivity index is 3.27.